The van der Waals surface area contributed by atoms with Gasteiger partial charge in [-0.15, -0.1) is 0 Å². The van der Waals surface area contributed by atoms with Crippen molar-refractivity contribution in [3.8, 4) is 5.75 Å². The molecular formula is C20H28F4N2O5. The zero-order chi connectivity index (χ0) is 24.3. The molecule has 0 spiro atoms. The molecule has 0 heterocycles. The third-order valence-electron chi connectivity index (χ3n) is 4.33. The summed E-state index contributed by atoms with van der Waals surface area (Å²) >= 11 is 0. The van der Waals surface area contributed by atoms with E-state index in [-0.39, 0.29) is 6.07 Å². The van der Waals surface area contributed by atoms with E-state index in [1.165, 1.54) is 0 Å². The fourth-order valence-corrected chi connectivity index (χ4v) is 2.62. The summed E-state index contributed by atoms with van der Waals surface area (Å²) in [6.45, 7) is 6.87. The Balaban J connectivity index is 3.19. The van der Waals surface area contributed by atoms with Gasteiger partial charge in [0.15, 0.2) is 23.2 Å². The van der Waals surface area contributed by atoms with Crippen LogP contribution in [-0.2, 0) is 14.3 Å². The smallest absolute Gasteiger partial charge is 0.324 e. The second kappa shape index (κ2) is 10.4. The lowest BCUT2D eigenvalue weighted by Crippen LogP contribution is -2.55. The fraction of sp³-hybridized carbons (Fsp3) is 0.600. The number of ketones is 1. The van der Waals surface area contributed by atoms with Crippen molar-refractivity contribution in [3.63, 3.8) is 0 Å². The van der Waals surface area contributed by atoms with E-state index >= 15 is 0 Å². The number of ether oxygens (including phenoxy) is 2. The molecular weight excluding hydrogens is 424 g/mol. The number of nitrogens with two attached hydrogens (primary N) is 2. The quantitative estimate of drug-likeness (QED) is 0.297. The molecule has 4 atom stereocenters. The van der Waals surface area contributed by atoms with Crippen LogP contribution in [0.4, 0.5) is 17.6 Å². The van der Waals surface area contributed by atoms with Gasteiger partial charge in [0.1, 0.15) is 18.2 Å². The predicted octanol–water partition coefficient (Wildman–Crippen LogP) is 1.82. The molecule has 0 fully saturated rings. The van der Waals surface area contributed by atoms with E-state index in [9.17, 15) is 32.3 Å². The average molecular weight is 452 g/mol. The number of esters is 1. The van der Waals surface area contributed by atoms with Gasteiger partial charge in [0.2, 0.25) is 11.6 Å². The molecule has 0 amide bonds. The van der Waals surface area contributed by atoms with Crippen molar-refractivity contribution in [1.29, 1.82) is 0 Å². The molecule has 11 heteroatoms. The van der Waals surface area contributed by atoms with Crippen LogP contribution in [-0.4, -0.2) is 47.3 Å². The maximum atomic E-state index is 13.8. The van der Waals surface area contributed by atoms with Gasteiger partial charge in [-0.3, -0.25) is 9.59 Å². The van der Waals surface area contributed by atoms with Crippen molar-refractivity contribution >= 4 is 11.8 Å². The highest BCUT2D eigenvalue weighted by atomic mass is 19.2. The molecule has 0 bridgehead atoms. The molecule has 1 rings (SSSR count). The molecule has 1 aromatic carbocycles. The molecule has 7 nitrogen and oxygen atoms in total. The van der Waals surface area contributed by atoms with Gasteiger partial charge >= 0.3 is 5.97 Å². The lowest BCUT2D eigenvalue weighted by atomic mass is 9.83. The summed E-state index contributed by atoms with van der Waals surface area (Å²) in [6.07, 6.45) is -1.91. The summed E-state index contributed by atoms with van der Waals surface area (Å²) in [6, 6.07) is -2.86. The number of aliphatic hydroxyl groups excluding tert-OH is 1. The summed E-state index contributed by atoms with van der Waals surface area (Å²) < 4.78 is 64.1. The van der Waals surface area contributed by atoms with Crippen LogP contribution in [0.5, 0.6) is 5.75 Å². The molecule has 0 aliphatic heterocycles. The van der Waals surface area contributed by atoms with E-state index < -0.39 is 83.0 Å². The minimum atomic E-state index is -1.91. The summed E-state index contributed by atoms with van der Waals surface area (Å²) in [4.78, 5) is 25.2. The van der Waals surface area contributed by atoms with E-state index in [2.05, 4.69) is 0 Å². The predicted molar refractivity (Wildman–Crippen MR) is 103 cm³/mol. The van der Waals surface area contributed by atoms with Gasteiger partial charge in [-0.25, -0.2) is 8.78 Å². The lowest BCUT2D eigenvalue weighted by molar-refractivity contribution is -0.161. The van der Waals surface area contributed by atoms with Gasteiger partial charge in [0.25, 0.3) is 0 Å². The second-order valence-corrected chi connectivity index (χ2v) is 8.43. The number of hydrogen-bond acceptors (Lipinski definition) is 7. The summed E-state index contributed by atoms with van der Waals surface area (Å²) in [5.74, 6) is -12.5. The first-order chi connectivity index (χ1) is 14.1. The van der Waals surface area contributed by atoms with Crippen molar-refractivity contribution in [3.05, 3.63) is 29.3 Å². The minimum absolute atomic E-state index is 0.0135. The van der Waals surface area contributed by atoms with Crippen LogP contribution in [0.25, 0.3) is 0 Å². The SMILES string of the molecule is CC(C)[C@H](N)C(=O)C(C(O)COc1c(F)c(F)cc(F)c1F)C(N)C(=O)OC(C)(C)C. The third kappa shape index (κ3) is 6.88. The first kappa shape index (κ1) is 26.8. The Bertz CT molecular complexity index is 787. The summed E-state index contributed by atoms with van der Waals surface area (Å²) in [7, 11) is 0. The Morgan fingerprint density at radius 1 is 1.03 bits per heavy atom. The number of Topliss-reactive ketones (excluding diaryl/α,β-unsaturated/α-hetero) is 1. The minimum Gasteiger partial charge on any atom is -0.485 e. The Morgan fingerprint density at radius 2 is 1.52 bits per heavy atom. The van der Waals surface area contributed by atoms with E-state index in [1.807, 2.05) is 0 Å². The van der Waals surface area contributed by atoms with Crippen LogP contribution in [0.15, 0.2) is 6.07 Å². The van der Waals surface area contributed by atoms with E-state index in [0.29, 0.717) is 0 Å². The number of aliphatic hydroxyl groups is 1. The molecule has 176 valence electrons. The van der Waals surface area contributed by atoms with Crippen molar-refractivity contribution < 1.29 is 41.7 Å². The Labute approximate surface area is 177 Å². The van der Waals surface area contributed by atoms with E-state index in [0.717, 1.165) is 0 Å². The highest BCUT2D eigenvalue weighted by Gasteiger charge is 2.41. The standard InChI is InChI=1S/C20H28F4N2O5/c1-8(2)15(25)17(28)12(16(26)19(29)31-20(3,4)5)11(27)7-30-18-13(23)9(21)6-10(22)14(18)24/h6,8,11-12,15-16,27H,7,25-26H2,1-5H3/t11?,12?,15-,16?/m0/s1. The first-order valence-electron chi connectivity index (χ1n) is 9.50. The first-order valence-corrected chi connectivity index (χ1v) is 9.50. The maximum absolute atomic E-state index is 13.8. The number of rotatable bonds is 9. The highest BCUT2D eigenvalue weighted by molar-refractivity contribution is 5.92. The largest absolute Gasteiger partial charge is 0.485 e. The van der Waals surface area contributed by atoms with Crippen LogP contribution in [0.1, 0.15) is 34.6 Å². The monoisotopic (exact) mass is 452 g/mol. The van der Waals surface area contributed by atoms with Gasteiger partial charge in [0.05, 0.1) is 18.1 Å². The van der Waals surface area contributed by atoms with Crippen LogP contribution in [0.2, 0.25) is 0 Å². The van der Waals surface area contributed by atoms with Gasteiger partial charge in [-0.2, -0.15) is 8.78 Å². The fourth-order valence-electron chi connectivity index (χ4n) is 2.62. The van der Waals surface area contributed by atoms with Crippen molar-refractivity contribution in [2.45, 2.75) is 58.4 Å². The summed E-state index contributed by atoms with van der Waals surface area (Å²) in [5.41, 5.74) is 10.7. The molecule has 0 radical (unpaired) electrons. The molecule has 3 unspecified atom stereocenters. The molecule has 1 aromatic rings. The zero-order valence-electron chi connectivity index (χ0n) is 17.9. The topological polar surface area (TPSA) is 125 Å². The van der Waals surface area contributed by atoms with Crippen molar-refractivity contribution in [1.82, 2.24) is 0 Å². The number of benzene rings is 1. The van der Waals surface area contributed by atoms with Crippen LogP contribution < -0.4 is 16.2 Å². The molecule has 0 aliphatic rings. The number of carbonyl (C=O) groups is 2. The number of hydrogen-bond donors (Lipinski definition) is 3. The molecule has 0 saturated carbocycles. The Hall–Kier alpha value is -2.24. The Kier molecular flexibility index (Phi) is 8.97. The van der Waals surface area contributed by atoms with E-state index in [1.54, 1.807) is 34.6 Å². The van der Waals surface area contributed by atoms with Crippen LogP contribution in [0.3, 0.4) is 0 Å². The van der Waals surface area contributed by atoms with Gasteiger partial charge < -0.3 is 26.0 Å². The Morgan fingerprint density at radius 3 is 1.94 bits per heavy atom. The van der Waals surface area contributed by atoms with Crippen molar-refractivity contribution in [2.75, 3.05) is 6.61 Å². The molecule has 0 aromatic heterocycles. The van der Waals surface area contributed by atoms with Gasteiger partial charge in [0, 0.05) is 6.07 Å². The normalized spacial score (nSPS) is 15.9. The number of carbonyl (C=O) groups excluding carboxylic acids is 2. The average Bonchev–Trinajstić information content (AvgIpc) is 2.64. The molecule has 31 heavy (non-hydrogen) atoms. The highest BCUT2D eigenvalue weighted by Crippen LogP contribution is 2.27. The van der Waals surface area contributed by atoms with Crippen LogP contribution in [0, 0.1) is 35.1 Å². The third-order valence-corrected chi connectivity index (χ3v) is 4.33. The second-order valence-electron chi connectivity index (χ2n) is 8.43. The number of halogens is 4. The lowest BCUT2D eigenvalue weighted by Gasteiger charge is -2.31. The van der Waals surface area contributed by atoms with Gasteiger partial charge in [-0.1, -0.05) is 13.8 Å². The summed E-state index contributed by atoms with van der Waals surface area (Å²) in [5, 5.41) is 10.5. The maximum Gasteiger partial charge on any atom is 0.324 e. The molecule has 5 N–H and O–H groups in total. The van der Waals surface area contributed by atoms with Gasteiger partial charge in [-0.05, 0) is 26.7 Å². The van der Waals surface area contributed by atoms with Crippen LogP contribution >= 0.6 is 0 Å². The van der Waals surface area contributed by atoms with E-state index in [4.69, 9.17) is 20.9 Å². The molecule has 0 aliphatic carbocycles. The molecule has 0 saturated heterocycles. The zero-order valence-corrected chi connectivity index (χ0v) is 17.9. The van der Waals surface area contributed by atoms with Crippen molar-refractivity contribution in [2.24, 2.45) is 23.3 Å².